The molecule has 3 aromatic carbocycles. The van der Waals surface area contributed by atoms with Gasteiger partial charge in [0.1, 0.15) is 5.82 Å². The maximum atomic E-state index is 14.3. The van der Waals surface area contributed by atoms with Crippen molar-refractivity contribution in [1.82, 2.24) is 4.90 Å². The zero-order valence-corrected chi connectivity index (χ0v) is 13.5. The Morgan fingerprint density at radius 3 is 1.57 bits per heavy atom. The molecule has 0 heterocycles. The van der Waals surface area contributed by atoms with Crippen LogP contribution < -0.4 is 0 Å². The molecule has 116 valence electrons. The van der Waals surface area contributed by atoms with Crippen molar-refractivity contribution in [3.05, 3.63) is 84.2 Å². The van der Waals surface area contributed by atoms with Crippen molar-refractivity contribution in [3.8, 4) is 22.3 Å². The molecule has 2 heteroatoms. The fraction of sp³-hybridized carbons (Fsp3) is 0.143. The molecule has 0 unspecified atom stereocenters. The van der Waals surface area contributed by atoms with Crippen LogP contribution in [-0.2, 0) is 6.54 Å². The van der Waals surface area contributed by atoms with E-state index in [2.05, 4.69) is 4.90 Å². The quantitative estimate of drug-likeness (QED) is 0.638. The average Bonchev–Trinajstić information content (AvgIpc) is 2.57. The van der Waals surface area contributed by atoms with Gasteiger partial charge in [0.25, 0.3) is 0 Å². The van der Waals surface area contributed by atoms with Gasteiger partial charge in [-0.2, -0.15) is 0 Å². The van der Waals surface area contributed by atoms with Crippen molar-refractivity contribution in [3.63, 3.8) is 0 Å². The lowest BCUT2D eigenvalue weighted by Crippen LogP contribution is -2.13. The normalized spacial score (nSPS) is 11.0. The Kier molecular flexibility index (Phi) is 4.54. The van der Waals surface area contributed by atoms with E-state index in [9.17, 15) is 4.39 Å². The van der Waals surface area contributed by atoms with Gasteiger partial charge in [-0.1, -0.05) is 60.7 Å². The third-order valence-corrected chi connectivity index (χ3v) is 3.86. The van der Waals surface area contributed by atoms with Crippen LogP contribution in [0.4, 0.5) is 4.39 Å². The van der Waals surface area contributed by atoms with Gasteiger partial charge >= 0.3 is 0 Å². The molecule has 0 fully saturated rings. The van der Waals surface area contributed by atoms with Crippen LogP contribution in [0.3, 0.4) is 0 Å². The monoisotopic (exact) mass is 305 g/mol. The minimum absolute atomic E-state index is 0.204. The molecular weight excluding hydrogens is 285 g/mol. The molecule has 0 atom stereocenters. The number of hydrogen-bond acceptors (Lipinski definition) is 1. The Morgan fingerprint density at radius 2 is 1.17 bits per heavy atom. The Morgan fingerprint density at radius 1 is 0.739 bits per heavy atom. The predicted molar refractivity (Wildman–Crippen MR) is 94.7 cm³/mol. The summed E-state index contributed by atoms with van der Waals surface area (Å²) in [7, 11) is 4.07. The van der Waals surface area contributed by atoms with Crippen LogP contribution in [0.25, 0.3) is 22.3 Å². The summed E-state index contributed by atoms with van der Waals surface area (Å²) in [5.41, 5.74) is 5.15. The largest absolute Gasteiger partial charge is 0.305 e. The minimum Gasteiger partial charge on any atom is -0.305 e. The SMILES string of the molecule is CN(C)Cc1c(-c2ccccc2)cc(F)cc1-c1ccccc1. The van der Waals surface area contributed by atoms with Gasteiger partial charge in [0.15, 0.2) is 0 Å². The first kappa shape index (κ1) is 15.4. The molecule has 23 heavy (non-hydrogen) atoms. The highest BCUT2D eigenvalue weighted by Gasteiger charge is 2.14. The molecule has 0 bridgehead atoms. The summed E-state index contributed by atoms with van der Waals surface area (Å²) in [6, 6.07) is 23.3. The van der Waals surface area contributed by atoms with Crippen LogP contribution in [-0.4, -0.2) is 19.0 Å². The Bertz CT molecular complexity index is 719. The highest BCUT2D eigenvalue weighted by Crippen LogP contribution is 2.34. The third kappa shape index (κ3) is 3.49. The second-order valence-corrected chi connectivity index (χ2v) is 5.95. The lowest BCUT2D eigenvalue weighted by Gasteiger charge is -2.19. The summed E-state index contributed by atoms with van der Waals surface area (Å²) in [5.74, 6) is -0.204. The Hall–Kier alpha value is -2.45. The highest BCUT2D eigenvalue weighted by atomic mass is 19.1. The van der Waals surface area contributed by atoms with E-state index >= 15 is 0 Å². The molecule has 0 spiro atoms. The van der Waals surface area contributed by atoms with Crippen LogP contribution in [0.2, 0.25) is 0 Å². The zero-order chi connectivity index (χ0) is 16.2. The van der Waals surface area contributed by atoms with Gasteiger partial charge in [0, 0.05) is 6.54 Å². The summed E-state index contributed by atoms with van der Waals surface area (Å²) in [4.78, 5) is 2.12. The molecule has 0 aromatic heterocycles. The van der Waals surface area contributed by atoms with Crippen molar-refractivity contribution in [2.45, 2.75) is 6.54 Å². The molecule has 0 aliphatic rings. The number of halogens is 1. The van der Waals surface area contributed by atoms with E-state index in [0.717, 1.165) is 34.4 Å². The fourth-order valence-corrected chi connectivity index (χ4v) is 2.87. The summed E-state index contributed by atoms with van der Waals surface area (Å²) in [5, 5.41) is 0. The van der Waals surface area contributed by atoms with Crippen LogP contribution in [0.15, 0.2) is 72.8 Å². The number of hydrogen-bond donors (Lipinski definition) is 0. The van der Waals surface area contributed by atoms with Crippen LogP contribution in [0, 0.1) is 5.82 Å². The van der Waals surface area contributed by atoms with Gasteiger partial charge < -0.3 is 4.90 Å². The van der Waals surface area contributed by atoms with E-state index in [1.54, 1.807) is 12.1 Å². The van der Waals surface area contributed by atoms with Crippen LogP contribution in [0.1, 0.15) is 5.56 Å². The smallest absolute Gasteiger partial charge is 0.124 e. The molecule has 1 nitrogen and oxygen atoms in total. The van der Waals surface area contributed by atoms with Gasteiger partial charge in [-0.3, -0.25) is 0 Å². The zero-order valence-electron chi connectivity index (χ0n) is 13.5. The van der Waals surface area contributed by atoms with E-state index < -0.39 is 0 Å². The summed E-state index contributed by atoms with van der Waals surface area (Å²) >= 11 is 0. The molecule has 3 rings (SSSR count). The molecular formula is C21H20FN. The lowest BCUT2D eigenvalue weighted by atomic mass is 9.91. The molecule has 0 saturated carbocycles. The van der Waals surface area contributed by atoms with Crippen LogP contribution in [0.5, 0.6) is 0 Å². The average molecular weight is 305 g/mol. The number of benzene rings is 3. The summed E-state index contributed by atoms with van der Waals surface area (Å²) < 4.78 is 14.3. The van der Waals surface area contributed by atoms with E-state index in [1.807, 2.05) is 74.8 Å². The molecule has 0 amide bonds. The topological polar surface area (TPSA) is 3.24 Å². The lowest BCUT2D eigenvalue weighted by molar-refractivity contribution is 0.403. The van der Waals surface area contributed by atoms with E-state index in [4.69, 9.17) is 0 Å². The van der Waals surface area contributed by atoms with Crippen molar-refractivity contribution < 1.29 is 4.39 Å². The van der Waals surface area contributed by atoms with Gasteiger partial charge in [0.2, 0.25) is 0 Å². The van der Waals surface area contributed by atoms with Gasteiger partial charge in [-0.15, -0.1) is 0 Å². The van der Waals surface area contributed by atoms with Crippen LogP contribution >= 0.6 is 0 Å². The molecule has 3 aromatic rings. The molecule has 0 saturated heterocycles. The van der Waals surface area contributed by atoms with Gasteiger partial charge in [-0.25, -0.2) is 4.39 Å². The first-order valence-corrected chi connectivity index (χ1v) is 7.73. The summed E-state index contributed by atoms with van der Waals surface area (Å²) in [6.45, 7) is 0.759. The predicted octanol–water partition coefficient (Wildman–Crippen LogP) is 5.22. The second kappa shape index (κ2) is 6.76. The van der Waals surface area contributed by atoms with Crippen molar-refractivity contribution in [2.75, 3.05) is 14.1 Å². The van der Waals surface area contributed by atoms with E-state index in [1.165, 1.54) is 0 Å². The molecule has 0 N–H and O–H groups in total. The third-order valence-electron chi connectivity index (χ3n) is 3.86. The fourth-order valence-electron chi connectivity index (χ4n) is 2.87. The van der Waals surface area contributed by atoms with E-state index in [-0.39, 0.29) is 5.82 Å². The summed E-state index contributed by atoms with van der Waals surface area (Å²) in [6.07, 6.45) is 0. The van der Waals surface area contributed by atoms with Gasteiger partial charge in [-0.05, 0) is 54.0 Å². The Labute approximate surface area is 137 Å². The van der Waals surface area contributed by atoms with Gasteiger partial charge in [0.05, 0.1) is 0 Å². The first-order chi connectivity index (χ1) is 11.1. The van der Waals surface area contributed by atoms with E-state index in [0.29, 0.717) is 0 Å². The van der Waals surface area contributed by atoms with Crippen molar-refractivity contribution in [2.24, 2.45) is 0 Å². The minimum atomic E-state index is -0.204. The van der Waals surface area contributed by atoms with Crippen molar-refractivity contribution >= 4 is 0 Å². The standard InChI is InChI=1S/C21H20FN/c1-23(2)15-21-19(16-9-5-3-6-10-16)13-18(22)14-20(21)17-11-7-4-8-12-17/h3-14H,15H2,1-2H3. The molecule has 0 aliphatic carbocycles. The Balaban J connectivity index is 2.25. The highest BCUT2D eigenvalue weighted by molar-refractivity contribution is 5.78. The van der Waals surface area contributed by atoms with Crippen molar-refractivity contribution in [1.29, 1.82) is 0 Å². The second-order valence-electron chi connectivity index (χ2n) is 5.95. The maximum absolute atomic E-state index is 14.3. The first-order valence-electron chi connectivity index (χ1n) is 7.73. The maximum Gasteiger partial charge on any atom is 0.124 e. The molecule has 0 radical (unpaired) electrons. The molecule has 0 aliphatic heterocycles. The number of nitrogens with zero attached hydrogens (tertiary/aromatic N) is 1. The number of rotatable bonds is 4.